The standard InChI is InChI=1S/C8H11ClN2O2S/c1-4(2)5-6(7(12)13)14-8(10-9)11(5)3/h4H,1-3H3,(H,12,13). The van der Waals surface area contributed by atoms with E-state index >= 15 is 0 Å². The molecule has 0 spiro atoms. The maximum absolute atomic E-state index is 10.9. The SMILES string of the molecule is CC(C)c1c(C(=O)O)sc(=NCl)n1C. The second-order valence-electron chi connectivity index (χ2n) is 3.20. The van der Waals surface area contributed by atoms with Gasteiger partial charge in [0.25, 0.3) is 0 Å². The lowest BCUT2D eigenvalue weighted by Crippen LogP contribution is -2.13. The Bertz CT molecular complexity index is 419. The van der Waals surface area contributed by atoms with Gasteiger partial charge in [-0.25, -0.2) is 4.79 Å². The molecule has 1 aromatic heterocycles. The van der Waals surface area contributed by atoms with E-state index in [2.05, 4.69) is 4.51 Å². The molecular weight excluding hydrogens is 224 g/mol. The number of aromatic nitrogens is 1. The van der Waals surface area contributed by atoms with Crippen LogP contribution >= 0.6 is 23.1 Å². The molecule has 0 atom stereocenters. The van der Waals surface area contributed by atoms with Gasteiger partial charge in [0.05, 0.1) is 0 Å². The summed E-state index contributed by atoms with van der Waals surface area (Å²) in [6.07, 6.45) is 0. The summed E-state index contributed by atoms with van der Waals surface area (Å²) in [5.41, 5.74) is 0.752. The number of hydrogen-bond acceptors (Lipinski definition) is 3. The highest BCUT2D eigenvalue weighted by molar-refractivity contribution is 7.11. The number of nitrogens with zero attached hydrogens (tertiary/aromatic N) is 2. The number of thiazole rings is 1. The van der Waals surface area contributed by atoms with E-state index in [1.54, 1.807) is 11.6 Å². The molecule has 0 aromatic carbocycles. The van der Waals surface area contributed by atoms with Crippen LogP contribution in [0.25, 0.3) is 0 Å². The van der Waals surface area contributed by atoms with E-state index in [-0.39, 0.29) is 5.92 Å². The molecule has 0 unspecified atom stereocenters. The third-order valence-electron chi connectivity index (χ3n) is 1.89. The lowest BCUT2D eigenvalue weighted by atomic mass is 10.1. The second-order valence-corrected chi connectivity index (χ2v) is 4.35. The summed E-state index contributed by atoms with van der Waals surface area (Å²) in [7, 11) is 1.76. The Hall–Kier alpha value is -0.810. The van der Waals surface area contributed by atoms with Crippen LogP contribution in [0.3, 0.4) is 0 Å². The number of carbonyl (C=O) groups is 1. The minimum Gasteiger partial charge on any atom is -0.477 e. The summed E-state index contributed by atoms with van der Waals surface area (Å²) in [5.74, 6) is -0.796. The minimum atomic E-state index is -0.930. The summed E-state index contributed by atoms with van der Waals surface area (Å²) in [5, 5.41) is 8.96. The van der Waals surface area contributed by atoms with E-state index in [9.17, 15) is 4.79 Å². The van der Waals surface area contributed by atoms with E-state index in [0.717, 1.165) is 17.0 Å². The van der Waals surface area contributed by atoms with Crippen molar-refractivity contribution in [1.82, 2.24) is 4.57 Å². The number of halogens is 1. The van der Waals surface area contributed by atoms with Crippen molar-refractivity contribution in [3.05, 3.63) is 15.4 Å². The van der Waals surface area contributed by atoms with Crippen molar-refractivity contribution in [1.29, 1.82) is 0 Å². The summed E-state index contributed by atoms with van der Waals surface area (Å²) < 4.78 is 5.22. The van der Waals surface area contributed by atoms with Crippen LogP contribution in [-0.2, 0) is 7.05 Å². The van der Waals surface area contributed by atoms with Gasteiger partial charge in [-0.3, -0.25) is 0 Å². The first-order valence-corrected chi connectivity index (χ1v) is 5.22. The Morgan fingerprint density at radius 2 is 2.21 bits per heavy atom. The van der Waals surface area contributed by atoms with E-state index in [1.165, 1.54) is 0 Å². The van der Waals surface area contributed by atoms with E-state index in [0.29, 0.717) is 9.68 Å². The van der Waals surface area contributed by atoms with Crippen LogP contribution in [0.1, 0.15) is 35.1 Å². The predicted octanol–water partition coefficient (Wildman–Crippen LogP) is 1.96. The van der Waals surface area contributed by atoms with Crippen molar-refractivity contribution in [3.63, 3.8) is 0 Å². The molecule has 0 radical (unpaired) electrons. The number of rotatable bonds is 2. The summed E-state index contributed by atoms with van der Waals surface area (Å²) in [6.45, 7) is 3.87. The predicted molar refractivity (Wildman–Crippen MR) is 55.8 cm³/mol. The van der Waals surface area contributed by atoms with Crippen LogP contribution in [-0.4, -0.2) is 15.6 Å². The van der Waals surface area contributed by atoms with Crippen molar-refractivity contribution >= 4 is 29.1 Å². The first-order valence-electron chi connectivity index (χ1n) is 4.07. The molecule has 1 heterocycles. The van der Waals surface area contributed by atoms with Gasteiger partial charge in [0.2, 0.25) is 4.80 Å². The van der Waals surface area contributed by atoms with Crippen molar-refractivity contribution in [2.24, 2.45) is 11.6 Å². The highest BCUT2D eigenvalue weighted by atomic mass is 35.5. The molecule has 0 fully saturated rings. The van der Waals surface area contributed by atoms with Gasteiger partial charge in [-0.15, -0.1) is 4.51 Å². The zero-order valence-electron chi connectivity index (χ0n) is 8.11. The average Bonchev–Trinajstić information content (AvgIpc) is 2.42. The molecule has 78 valence electrons. The molecule has 0 saturated heterocycles. The van der Waals surface area contributed by atoms with Crippen LogP contribution in [0.4, 0.5) is 0 Å². The van der Waals surface area contributed by atoms with Crippen molar-refractivity contribution in [3.8, 4) is 0 Å². The number of carboxylic acids is 1. The maximum Gasteiger partial charge on any atom is 0.347 e. The maximum atomic E-state index is 10.9. The van der Waals surface area contributed by atoms with Crippen molar-refractivity contribution < 1.29 is 9.90 Å². The molecule has 14 heavy (non-hydrogen) atoms. The zero-order valence-corrected chi connectivity index (χ0v) is 9.69. The third-order valence-corrected chi connectivity index (χ3v) is 3.28. The van der Waals surface area contributed by atoms with Crippen LogP contribution in [0.2, 0.25) is 0 Å². The van der Waals surface area contributed by atoms with Crippen molar-refractivity contribution in [2.75, 3.05) is 0 Å². The van der Waals surface area contributed by atoms with Gasteiger partial charge in [0.15, 0.2) is 0 Å². The van der Waals surface area contributed by atoms with Gasteiger partial charge in [0.1, 0.15) is 4.88 Å². The Morgan fingerprint density at radius 3 is 2.50 bits per heavy atom. The minimum absolute atomic E-state index is 0.134. The van der Waals surface area contributed by atoms with Gasteiger partial charge in [-0.2, -0.15) is 0 Å². The molecule has 1 rings (SSSR count). The molecule has 4 nitrogen and oxygen atoms in total. The first-order chi connectivity index (χ1) is 6.49. The molecule has 0 bridgehead atoms. The van der Waals surface area contributed by atoms with Gasteiger partial charge in [0, 0.05) is 24.5 Å². The van der Waals surface area contributed by atoms with Crippen LogP contribution in [0, 0.1) is 0 Å². The lowest BCUT2D eigenvalue weighted by molar-refractivity contribution is 0.0700. The summed E-state index contributed by atoms with van der Waals surface area (Å²) in [4.78, 5) is 11.7. The zero-order chi connectivity index (χ0) is 10.9. The quantitative estimate of drug-likeness (QED) is 0.851. The highest BCUT2D eigenvalue weighted by Gasteiger charge is 2.19. The number of aromatic carboxylic acids is 1. The van der Waals surface area contributed by atoms with E-state index in [4.69, 9.17) is 16.9 Å². The fraction of sp³-hybridized carbons (Fsp3) is 0.500. The van der Waals surface area contributed by atoms with E-state index in [1.807, 2.05) is 13.8 Å². The molecule has 1 aromatic rings. The third kappa shape index (κ3) is 1.83. The molecule has 0 aliphatic carbocycles. The summed E-state index contributed by atoms with van der Waals surface area (Å²) in [6, 6.07) is 0. The van der Waals surface area contributed by atoms with Gasteiger partial charge in [-0.1, -0.05) is 25.2 Å². The smallest absolute Gasteiger partial charge is 0.347 e. The first kappa shape index (κ1) is 11.3. The fourth-order valence-corrected chi connectivity index (χ4v) is 2.58. The topological polar surface area (TPSA) is 54.6 Å². The molecule has 0 amide bonds. The van der Waals surface area contributed by atoms with Crippen molar-refractivity contribution in [2.45, 2.75) is 19.8 Å². The summed E-state index contributed by atoms with van der Waals surface area (Å²) >= 11 is 6.44. The van der Waals surface area contributed by atoms with Gasteiger partial charge >= 0.3 is 5.97 Å². The Morgan fingerprint density at radius 1 is 1.64 bits per heavy atom. The van der Waals surface area contributed by atoms with E-state index < -0.39 is 5.97 Å². The Balaban J connectivity index is 3.51. The largest absolute Gasteiger partial charge is 0.477 e. The molecular formula is C8H11ClN2O2S. The monoisotopic (exact) mass is 234 g/mol. The Labute approximate surface area is 90.6 Å². The van der Waals surface area contributed by atoms with Crippen LogP contribution in [0.5, 0.6) is 0 Å². The molecule has 1 N–H and O–H groups in total. The lowest BCUT2D eigenvalue weighted by Gasteiger charge is -2.06. The van der Waals surface area contributed by atoms with Crippen LogP contribution in [0.15, 0.2) is 4.51 Å². The normalized spacial score (nSPS) is 12.5. The van der Waals surface area contributed by atoms with Gasteiger partial charge < -0.3 is 9.67 Å². The molecule has 0 aliphatic heterocycles. The van der Waals surface area contributed by atoms with Gasteiger partial charge in [-0.05, 0) is 5.92 Å². The second kappa shape index (κ2) is 4.14. The average molecular weight is 235 g/mol. The number of hydrogen-bond donors (Lipinski definition) is 1. The molecule has 0 saturated carbocycles. The highest BCUT2D eigenvalue weighted by Crippen LogP contribution is 2.21. The molecule has 6 heteroatoms. The Kier molecular flexibility index (Phi) is 3.34. The molecule has 0 aliphatic rings. The van der Waals surface area contributed by atoms with Crippen LogP contribution < -0.4 is 4.80 Å². The number of carboxylic acid groups (broad SMARTS) is 1. The fourth-order valence-electron chi connectivity index (χ4n) is 1.34.